The third kappa shape index (κ3) is 4.02. The topological polar surface area (TPSA) is 41.1 Å². The van der Waals surface area contributed by atoms with Gasteiger partial charge in [0.2, 0.25) is 0 Å². The van der Waals surface area contributed by atoms with Crippen molar-refractivity contribution in [2.45, 2.75) is 25.7 Å². The summed E-state index contributed by atoms with van der Waals surface area (Å²) in [6.45, 7) is 4.41. The standard InChI is InChI=1S/C21H25N3O/c1-4-12-24(13-5-1)14-7-15-25-18-9-6-8-17(16-18)21-22-19-10-2-3-11-20(19)23-21/h2-3,6,8-11,16H,1,4-5,7,12-15H2,(H,22,23). The molecular weight excluding hydrogens is 310 g/mol. The Morgan fingerprint density at radius 3 is 2.76 bits per heavy atom. The third-order valence-electron chi connectivity index (χ3n) is 4.83. The number of hydrogen-bond acceptors (Lipinski definition) is 3. The Balaban J connectivity index is 1.36. The first kappa shape index (κ1) is 16.2. The lowest BCUT2D eigenvalue weighted by Gasteiger charge is -2.26. The van der Waals surface area contributed by atoms with E-state index in [4.69, 9.17) is 4.74 Å². The van der Waals surface area contributed by atoms with Crippen LogP contribution in [0.5, 0.6) is 5.75 Å². The van der Waals surface area contributed by atoms with E-state index in [1.807, 2.05) is 36.4 Å². The van der Waals surface area contributed by atoms with Crippen LogP contribution >= 0.6 is 0 Å². The van der Waals surface area contributed by atoms with Crippen molar-refractivity contribution in [3.63, 3.8) is 0 Å². The van der Waals surface area contributed by atoms with Crippen molar-refractivity contribution in [2.24, 2.45) is 0 Å². The predicted octanol–water partition coefficient (Wildman–Crippen LogP) is 4.48. The third-order valence-corrected chi connectivity index (χ3v) is 4.83. The molecule has 1 N–H and O–H groups in total. The van der Waals surface area contributed by atoms with Crippen LogP contribution in [0, 0.1) is 0 Å². The Bertz CT molecular complexity index is 788. The molecule has 1 aromatic heterocycles. The number of hydrogen-bond donors (Lipinski definition) is 1. The molecule has 0 amide bonds. The molecule has 0 atom stereocenters. The zero-order valence-corrected chi connectivity index (χ0v) is 14.6. The number of aromatic amines is 1. The van der Waals surface area contributed by atoms with Gasteiger partial charge in [-0.25, -0.2) is 4.98 Å². The minimum atomic E-state index is 0.764. The number of rotatable bonds is 6. The number of likely N-dealkylation sites (tertiary alicyclic amines) is 1. The number of piperidine rings is 1. The van der Waals surface area contributed by atoms with Crippen molar-refractivity contribution >= 4 is 11.0 Å². The van der Waals surface area contributed by atoms with E-state index in [-0.39, 0.29) is 0 Å². The molecule has 1 saturated heterocycles. The number of benzene rings is 2. The van der Waals surface area contributed by atoms with Gasteiger partial charge < -0.3 is 14.6 Å². The molecule has 3 aromatic rings. The zero-order valence-electron chi connectivity index (χ0n) is 14.6. The first-order chi connectivity index (χ1) is 12.4. The average molecular weight is 335 g/mol. The number of para-hydroxylation sites is 2. The van der Waals surface area contributed by atoms with Gasteiger partial charge in [0.1, 0.15) is 11.6 Å². The second kappa shape index (κ2) is 7.70. The van der Waals surface area contributed by atoms with Gasteiger partial charge in [0.05, 0.1) is 17.6 Å². The molecule has 0 spiro atoms. The van der Waals surface area contributed by atoms with Crippen LogP contribution < -0.4 is 4.74 Å². The molecule has 130 valence electrons. The van der Waals surface area contributed by atoms with Crippen LogP contribution in [0.1, 0.15) is 25.7 Å². The second-order valence-electron chi connectivity index (χ2n) is 6.73. The Labute approximate surface area is 148 Å². The maximum Gasteiger partial charge on any atom is 0.138 e. The number of aromatic nitrogens is 2. The molecule has 4 rings (SSSR count). The highest BCUT2D eigenvalue weighted by atomic mass is 16.5. The summed E-state index contributed by atoms with van der Waals surface area (Å²) in [5, 5.41) is 0. The van der Waals surface area contributed by atoms with E-state index >= 15 is 0 Å². The summed E-state index contributed by atoms with van der Waals surface area (Å²) in [6.07, 6.45) is 5.16. The summed E-state index contributed by atoms with van der Waals surface area (Å²) in [7, 11) is 0. The molecule has 1 aliphatic heterocycles. The van der Waals surface area contributed by atoms with Gasteiger partial charge >= 0.3 is 0 Å². The maximum atomic E-state index is 5.96. The zero-order chi connectivity index (χ0) is 16.9. The largest absolute Gasteiger partial charge is 0.494 e. The molecule has 1 fully saturated rings. The van der Waals surface area contributed by atoms with Crippen molar-refractivity contribution in [3.05, 3.63) is 48.5 Å². The summed E-state index contributed by atoms with van der Waals surface area (Å²) in [5.74, 6) is 1.80. The van der Waals surface area contributed by atoms with Gasteiger partial charge in [-0.15, -0.1) is 0 Å². The van der Waals surface area contributed by atoms with Crippen molar-refractivity contribution in [3.8, 4) is 17.1 Å². The maximum absolute atomic E-state index is 5.96. The van der Waals surface area contributed by atoms with Crippen LogP contribution in [-0.4, -0.2) is 41.1 Å². The lowest BCUT2D eigenvalue weighted by molar-refractivity contribution is 0.205. The van der Waals surface area contributed by atoms with Gasteiger partial charge in [0.15, 0.2) is 0 Å². The summed E-state index contributed by atoms with van der Waals surface area (Å²) in [6, 6.07) is 16.3. The molecule has 2 aromatic carbocycles. The van der Waals surface area contributed by atoms with Gasteiger partial charge in [-0.3, -0.25) is 0 Å². The van der Waals surface area contributed by atoms with Crippen LogP contribution in [0.4, 0.5) is 0 Å². The van der Waals surface area contributed by atoms with Gasteiger partial charge in [-0.1, -0.05) is 30.7 Å². The fraction of sp³-hybridized carbons (Fsp3) is 0.381. The highest BCUT2D eigenvalue weighted by molar-refractivity contribution is 5.79. The number of ether oxygens (including phenoxy) is 1. The van der Waals surface area contributed by atoms with E-state index < -0.39 is 0 Å². The molecule has 1 aliphatic rings. The van der Waals surface area contributed by atoms with Crippen molar-refractivity contribution in [1.29, 1.82) is 0 Å². The molecule has 0 saturated carbocycles. The number of H-pyrrole nitrogens is 1. The smallest absolute Gasteiger partial charge is 0.138 e. The highest BCUT2D eigenvalue weighted by Gasteiger charge is 2.09. The Hall–Kier alpha value is -2.33. The molecule has 2 heterocycles. The Morgan fingerprint density at radius 2 is 1.88 bits per heavy atom. The quantitative estimate of drug-likeness (QED) is 0.675. The van der Waals surface area contributed by atoms with Gasteiger partial charge in [-0.2, -0.15) is 0 Å². The van der Waals surface area contributed by atoms with E-state index in [2.05, 4.69) is 27.0 Å². The van der Waals surface area contributed by atoms with E-state index in [1.54, 1.807) is 0 Å². The molecule has 0 radical (unpaired) electrons. The lowest BCUT2D eigenvalue weighted by atomic mass is 10.1. The number of imidazole rings is 1. The van der Waals surface area contributed by atoms with E-state index in [1.165, 1.54) is 32.4 Å². The molecule has 25 heavy (non-hydrogen) atoms. The Kier molecular flexibility index (Phi) is 4.98. The predicted molar refractivity (Wildman–Crippen MR) is 102 cm³/mol. The first-order valence-corrected chi connectivity index (χ1v) is 9.29. The van der Waals surface area contributed by atoms with Crippen LogP contribution in [0.2, 0.25) is 0 Å². The summed E-state index contributed by atoms with van der Waals surface area (Å²) >= 11 is 0. The molecule has 0 bridgehead atoms. The fourth-order valence-corrected chi connectivity index (χ4v) is 3.48. The minimum absolute atomic E-state index is 0.764. The normalized spacial score (nSPS) is 15.5. The number of fused-ring (bicyclic) bond motifs is 1. The van der Waals surface area contributed by atoms with Crippen molar-refractivity contribution < 1.29 is 4.74 Å². The molecule has 4 heteroatoms. The average Bonchev–Trinajstić information content (AvgIpc) is 3.11. The second-order valence-corrected chi connectivity index (χ2v) is 6.73. The number of nitrogens with zero attached hydrogens (tertiary/aromatic N) is 2. The van der Waals surface area contributed by atoms with Crippen LogP contribution in [0.3, 0.4) is 0 Å². The highest BCUT2D eigenvalue weighted by Crippen LogP contribution is 2.24. The fourth-order valence-electron chi connectivity index (χ4n) is 3.48. The summed E-state index contributed by atoms with van der Waals surface area (Å²) < 4.78 is 5.96. The summed E-state index contributed by atoms with van der Waals surface area (Å²) in [5.41, 5.74) is 3.11. The van der Waals surface area contributed by atoms with Crippen molar-refractivity contribution in [2.75, 3.05) is 26.2 Å². The van der Waals surface area contributed by atoms with Crippen LogP contribution in [0.15, 0.2) is 48.5 Å². The van der Waals surface area contributed by atoms with Crippen molar-refractivity contribution in [1.82, 2.24) is 14.9 Å². The monoisotopic (exact) mass is 335 g/mol. The number of nitrogens with one attached hydrogen (secondary N) is 1. The molecule has 0 unspecified atom stereocenters. The minimum Gasteiger partial charge on any atom is -0.494 e. The summed E-state index contributed by atoms with van der Waals surface area (Å²) in [4.78, 5) is 10.6. The lowest BCUT2D eigenvalue weighted by Crippen LogP contribution is -2.31. The van der Waals surface area contributed by atoms with Gasteiger partial charge in [0.25, 0.3) is 0 Å². The van der Waals surface area contributed by atoms with E-state index in [9.17, 15) is 0 Å². The van der Waals surface area contributed by atoms with Crippen LogP contribution in [0.25, 0.3) is 22.4 Å². The SMILES string of the molecule is c1cc(OCCCN2CCCCC2)cc(-c2nc3ccccc3[nH]2)c1. The van der Waals surface area contributed by atoms with Gasteiger partial charge in [-0.05, 0) is 56.6 Å². The van der Waals surface area contributed by atoms with Gasteiger partial charge in [0, 0.05) is 12.1 Å². The van der Waals surface area contributed by atoms with Crippen LogP contribution in [-0.2, 0) is 0 Å². The molecular formula is C21H25N3O. The Morgan fingerprint density at radius 1 is 1.00 bits per heavy atom. The first-order valence-electron chi connectivity index (χ1n) is 9.29. The molecule has 4 nitrogen and oxygen atoms in total. The molecule has 0 aliphatic carbocycles. The van der Waals surface area contributed by atoms with E-state index in [0.717, 1.165) is 47.7 Å². The van der Waals surface area contributed by atoms with E-state index in [0.29, 0.717) is 0 Å².